The molecule has 26 heavy (non-hydrogen) atoms. The van der Waals surface area contributed by atoms with Crippen molar-refractivity contribution in [3.8, 4) is 0 Å². The molecular formula is C16H22F2N4O4. The van der Waals surface area contributed by atoms with E-state index in [9.17, 15) is 18.4 Å². The lowest BCUT2D eigenvalue weighted by Crippen LogP contribution is -2.29. The van der Waals surface area contributed by atoms with Gasteiger partial charge in [-0.1, -0.05) is 0 Å². The third kappa shape index (κ3) is 9.39. The molecule has 9 N–H and O–H groups in total. The molecule has 2 aromatic rings. The summed E-state index contributed by atoms with van der Waals surface area (Å²) in [5.41, 5.74) is 2.65. The molecule has 0 saturated heterocycles. The first-order valence-electron chi connectivity index (χ1n) is 7.00. The highest BCUT2D eigenvalue weighted by Gasteiger charge is 2.04. The van der Waals surface area contributed by atoms with Crippen LogP contribution in [0.3, 0.4) is 0 Å². The zero-order chi connectivity index (χ0) is 19.2. The second kappa shape index (κ2) is 14.4. The van der Waals surface area contributed by atoms with Gasteiger partial charge in [0.1, 0.15) is 11.6 Å². The van der Waals surface area contributed by atoms with E-state index in [1.54, 1.807) is 6.92 Å². The summed E-state index contributed by atoms with van der Waals surface area (Å²) in [5, 5.41) is 0. The highest BCUT2D eigenvalue weighted by molar-refractivity contribution is 5.93. The predicted molar refractivity (Wildman–Crippen MR) is 92.4 cm³/mol. The zero-order valence-corrected chi connectivity index (χ0v) is 14.0. The van der Waals surface area contributed by atoms with Gasteiger partial charge in [-0.3, -0.25) is 21.9 Å². The summed E-state index contributed by atoms with van der Waals surface area (Å²) in [7, 11) is 0. The summed E-state index contributed by atoms with van der Waals surface area (Å²) in [5.74, 6) is 11.3. The summed E-state index contributed by atoms with van der Waals surface area (Å²) in [4.78, 5) is 21.8. The maximum atomic E-state index is 12.4. The van der Waals surface area contributed by atoms with Crippen molar-refractivity contribution in [2.75, 3.05) is 6.61 Å². The minimum Gasteiger partial charge on any atom is -0.462 e. The van der Waals surface area contributed by atoms with E-state index in [-0.39, 0.29) is 17.1 Å². The second-order valence-electron chi connectivity index (χ2n) is 4.21. The Bertz CT molecular complexity index is 652. The van der Waals surface area contributed by atoms with Crippen molar-refractivity contribution in [1.29, 1.82) is 0 Å². The van der Waals surface area contributed by atoms with Gasteiger partial charge in [0.05, 0.1) is 12.2 Å². The van der Waals surface area contributed by atoms with Gasteiger partial charge in [0.15, 0.2) is 0 Å². The molecule has 8 nitrogen and oxygen atoms in total. The predicted octanol–water partition coefficient (Wildman–Crippen LogP) is 0.426. The lowest BCUT2D eigenvalue weighted by atomic mass is 10.2. The van der Waals surface area contributed by atoms with Crippen LogP contribution in [0.5, 0.6) is 0 Å². The number of nitrogens with two attached hydrogens (primary N) is 3. The first-order chi connectivity index (χ1) is 12.0. The molecule has 0 saturated carbocycles. The Kier molecular flexibility index (Phi) is 14.0. The molecular weight excluding hydrogens is 350 g/mol. The van der Waals surface area contributed by atoms with Crippen LogP contribution in [0, 0.1) is 11.6 Å². The van der Waals surface area contributed by atoms with Gasteiger partial charge in [-0.25, -0.2) is 19.4 Å². The van der Waals surface area contributed by atoms with Gasteiger partial charge in [-0.2, -0.15) is 0 Å². The SMILES string of the molecule is CCOC(=O)c1ccc(F)cc1.NN.NNC(=O)c1ccc(F)cc1.O. The van der Waals surface area contributed by atoms with E-state index in [1.165, 1.54) is 48.5 Å². The maximum Gasteiger partial charge on any atom is 0.338 e. The van der Waals surface area contributed by atoms with Crippen LogP contribution in [0.25, 0.3) is 0 Å². The molecule has 1 amide bonds. The summed E-state index contributed by atoms with van der Waals surface area (Å²) in [6.07, 6.45) is 0. The van der Waals surface area contributed by atoms with E-state index < -0.39 is 11.9 Å². The number of nitrogens with one attached hydrogen (secondary N) is 1. The van der Waals surface area contributed by atoms with Crippen LogP contribution in [0.15, 0.2) is 48.5 Å². The molecule has 10 heteroatoms. The van der Waals surface area contributed by atoms with Crippen molar-refractivity contribution in [2.24, 2.45) is 17.5 Å². The summed E-state index contributed by atoms with van der Waals surface area (Å²) >= 11 is 0. The smallest absolute Gasteiger partial charge is 0.338 e. The minimum absolute atomic E-state index is 0. The van der Waals surface area contributed by atoms with Crippen LogP contribution in [-0.2, 0) is 4.74 Å². The van der Waals surface area contributed by atoms with Crippen molar-refractivity contribution in [3.05, 3.63) is 71.3 Å². The molecule has 0 bridgehead atoms. The number of carbonyl (C=O) groups is 2. The number of hydrazine groups is 2. The Labute approximate surface area is 149 Å². The lowest BCUT2D eigenvalue weighted by molar-refractivity contribution is 0.0526. The third-order valence-electron chi connectivity index (χ3n) is 2.59. The summed E-state index contributed by atoms with van der Waals surface area (Å²) in [6, 6.07) is 10.4. The summed E-state index contributed by atoms with van der Waals surface area (Å²) in [6.45, 7) is 2.05. The molecule has 0 aliphatic heterocycles. The topological polar surface area (TPSA) is 165 Å². The summed E-state index contributed by atoms with van der Waals surface area (Å²) < 4.78 is 29.4. The molecule has 0 atom stereocenters. The number of amides is 1. The number of esters is 1. The molecule has 2 rings (SSSR count). The quantitative estimate of drug-likeness (QED) is 0.264. The molecule has 2 aromatic carbocycles. The molecule has 0 radical (unpaired) electrons. The van der Waals surface area contributed by atoms with Crippen molar-refractivity contribution in [1.82, 2.24) is 5.43 Å². The maximum absolute atomic E-state index is 12.4. The minimum atomic E-state index is -0.426. The van der Waals surface area contributed by atoms with Crippen LogP contribution < -0.4 is 23.0 Å². The van der Waals surface area contributed by atoms with Gasteiger partial charge in [0, 0.05) is 5.56 Å². The van der Waals surface area contributed by atoms with Crippen LogP contribution in [0.2, 0.25) is 0 Å². The molecule has 0 unspecified atom stereocenters. The number of nitrogen functional groups attached to an aromatic ring is 1. The van der Waals surface area contributed by atoms with E-state index in [4.69, 9.17) is 10.6 Å². The van der Waals surface area contributed by atoms with Gasteiger partial charge in [-0.15, -0.1) is 0 Å². The van der Waals surface area contributed by atoms with Crippen molar-refractivity contribution < 1.29 is 28.6 Å². The second-order valence-corrected chi connectivity index (χ2v) is 4.21. The van der Waals surface area contributed by atoms with Crippen LogP contribution in [0.1, 0.15) is 27.6 Å². The number of hydrogen-bond donors (Lipinski definition) is 4. The fourth-order valence-electron chi connectivity index (χ4n) is 1.48. The van der Waals surface area contributed by atoms with E-state index in [1.807, 2.05) is 5.43 Å². The largest absolute Gasteiger partial charge is 0.462 e. The normalized spacial score (nSPS) is 8.54. The third-order valence-corrected chi connectivity index (χ3v) is 2.59. The van der Waals surface area contributed by atoms with E-state index >= 15 is 0 Å². The molecule has 144 valence electrons. The fourth-order valence-corrected chi connectivity index (χ4v) is 1.48. The Morgan fingerprint density at radius 1 is 0.923 bits per heavy atom. The molecule has 0 aliphatic rings. The molecule has 0 heterocycles. The van der Waals surface area contributed by atoms with E-state index in [2.05, 4.69) is 11.7 Å². The van der Waals surface area contributed by atoms with E-state index in [0.717, 1.165) is 0 Å². The standard InChI is InChI=1S/C9H9FO2.C7H7FN2O.H4N2.H2O/c1-2-12-9(11)7-3-5-8(10)6-4-7;8-6-3-1-5(2-4-6)7(11)10-9;1-2;/h3-6H,2H2,1H3;1-4H,9H2,(H,10,11);1-2H2;1H2. The first-order valence-corrected chi connectivity index (χ1v) is 7.00. The van der Waals surface area contributed by atoms with Gasteiger partial charge in [0.25, 0.3) is 5.91 Å². The lowest BCUT2D eigenvalue weighted by Gasteiger charge is -1.99. The number of hydrogen-bond acceptors (Lipinski definition) is 6. The number of carbonyl (C=O) groups excluding carboxylic acids is 2. The first kappa shape index (κ1) is 25.3. The highest BCUT2D eigenvalue weighted by atomic mass is 19.1. The Morgan fingerprint density at radius 2 is 1.31 bits per heavy atom. The van der Waals surface area contributed by atoms with Gasteiger partial charge in [0.2, 0.25) is 0 Å². The van der Waals surface area contributed by atoms with Gasteiger partial charge in [-0.05, 0) is 55.5 Å². The van der Waals surface area contributed by atoms with Crippen LogP contribution >= 0.6 is 0 Å². The monoisotopic (exact) mass is 372 g/mol. The number of halogens is 2. The van der Waals surface area contributed by atoms with Crippen LogP contribution in [-0.4, -0.2) is 24.0 Å². The molecule has 0 aliphatic carbocycles. The van der Waals surface area contributed by atoms with Crippen molar-refractivity contribution >= 4 is 11.9 Å². The fraction of sp³-hybridized carbons (Fsp3) is 0.125. The molecule has 0 spiro atoms. The molecule has 0 fully saturated rings. The van der Waals surface area contributed by atoms with Gasteiger partial charge < -0.3 is 10.2 Å². The molecule has 0 aromatic heterocycles. The van der Waals surface area contributed by atoms with Gasteiger partial charge >= 0.3 is 5.97 Å². The van der Waals surface area contributed by atoms with Crippen LogP contribution in [0.4, 0.5) is 8.78 Å². The zero-order valence-electron chi connectivity index (χ0n) is 14.0. The average Bonchev–Trinajstić information content (AvgIpc) is 2.64. The number of rotatable bonds is 3. The Morgan fingerprint density at radius 3 is 1.65 bits per heavy atom. The Hall–Kier alpha value is -2.92. The van der Waals surface area contributed by atoms with Crippen molar-refractivity contribution in [2.45, 2.75) is 6.92 Å². The average molecular weight is 372 g/mol. The highest BCUT2D eigenvalue weighted by Crippen LogP contribution is 2.04. The number of benzene rings is 2. The van der Waals surface area contributed by atoms with E-state index in [0.29, 0.717) is 17.7 Å². The Balaban J connectivity index is 0. The van der Waals surface area contributed by atoms with Crippen molar-refractivity contribution in [3.63, 3.8) is 0 Å². The number of ether oxygens (including phenoxy) is 1.